The van der Waals surface area contributed by atoms with Gasteiger partial charge in [-0.2, -0.15) is 0 Å². The van der Waals surface area contributed by atoms with Crippen molar-refractivity contribution in [3.63, 3.8) is 0 Å². The molecule has 114 valence electrons. The van der Waals surface area contributed by atoms with Crippen LogP contribution < -0.4 is 10.6 Å². The molecule has 2 unspecified atom stereocenters. The average Bonchev–Trinajstić information content (AvgIpc) is 2.37. The Morgan fingerprint density at radius 1 is 1.20 bits per heavy atom. The summed E-state index contributed by atoms with van der Waals surface area (Å²) in [6.07, 6.45) is 1.44. The summed E-state index contributed by atoms with van der Waals surface area (Å²) in [5.74, 6) is -1.62. The molecule has 20 heavy (non-hydrogen) atoms. The summed E-state index contributed by atoms with van der Waals surface area (Å²) in [6.45, 7) is 5.85. The van der Waals surface area contributed by atoms with Crippen LogP contribution in [0.3, 0.4) is 0 Å². The highest BCUT2D eigenvalue weighted by molar-refractivity contribution is 5.77. The quantitative estimate of drug-likeness (QED) is 0.696. The van der Waals surface area contributed by atoms with E-state index in [1.54, 1.807) is 18.7 Å². The molecule has 0 aromatic heterocycles. The van der Waals surface area contributed by atoms with Gasteiger partial charge >= 0.3 is 12.0 Å². The number of hydrogen-bond acceptors (Lipinski definition) is 3. The van der Waals surface area contributed by atoms with Crippen LogP contribution in [0.2, 0.25) is 0 Å². The second-order valence-corrected chi connectivity index (χ2v) is 5.33. The van der Waals surface area contributed by atoms with Crippen LogP contribution >= 0.6 is 0 Å². The molecule has 1 aliphatic heterocycles. The fourth-order valence-electron chi connectivity index (χ4n) is 2.14. The van der Waals surface area contributed by atoms with Gasteiger partial charge in [0.15, 0.2) is 0 Å². The average molecular weight is 285 g/mol. The van der Waals surface area contributed by atoms with Gasteiger partial charge in [0.25, 0.3) is 0 Å². The van der Waals surface area contributed by atoms with E-state index in [0.717, 1.165) is 12.8 Å². The van der Waals surface area contributed by atoms with Crippen LogP contribution in [0.15, 0.2) is 0 Å². The van der Waals surface area contributed by atoms with Gasteiger partial charge in [-0.15, -0.1) is 0 Å². The molecular weight excluding hydrogens is 262 g/mol. The fraction of sp³-hybridized carbons (Fsp3) is 0.769. The fourth-order valence-corrected chi connectivity index (χ4v) is 2.14. The third kappa shape index (κ3) is 4.71. The third-order valence-electron chi connectivity index (χ3n) is 3.68. The van der Waals surface area contributed by atoms with Crippen molar-refractivity contribution in [1.82, 2.24) is 15.5 Å². The molecule has 1 heterocycles. The number of carboxylic acids is 1. The zero-order chi connectivity index (χ0) is 15.3. The summed E-state index contributed by atoms with van der Waals surface area (Å²) in [7, 11) is 0. The summed E-state index contributed by atoms with van der Waals surface area (Å²) >= 11 is 0. The second-order valence-electron chi connectivity index (χ2n) is 5.33. The van der Waals surface area contributed by atoms with E-state index in [9.17, 15) is 14.4 Å². The smallest absolute Gasteiger partial charge is 0.317 e. The van der Waals surface area contributed by atoms with Crippen LogP contribution in [-0.4, -0.2) is 53.1 Å². The van der Waals surface area contributed by atoms with E-state index in [4.69, 9.17) is 5.11 Å². The van der Waals surface area contributed by atoms with E-state index in [0.29, 0.717) is 13.1 Å². The van der Waals surface area contributed by atoms with Crippen molar-refractivity contribution in [3.05, 3.63) is 0 Å². The molecule has 0 aromatic carbocycles. The lowest BCUT2D eigenvalue weighted by molar-refractivity contribution is -0.141. The lowest BCUT2D eigenvalue weighted by Gasteiger charge is -2.33. The molecular formula is C13H23N3O4. The minimum Gasteiger partial charge on any atom is -0.481 e. The van der Waals surface area contributed by atoms with Crippen LogP contribution in [0.4, 0.5) is 4.79 Å². The minimum atomic E-state index is -0.929. The Kier molecular flexibility index (Phi) is 5.79. The molecule has 1 rings (SSSR count). The Balaban J connectivity index is 2.39. The second kappa shape index (κ2) is 7.12. The van der Waals surface area contributed by atoms with Crippen molar-refractivity contribution in [2.45, 2.75) is 45.7 Å². The standard InChI is InChI=1S/C13H23N3O4/c1-8(12(18)19)9(2)14-13(20)16-6-4-11(5-7-16)15-10(3)17/h8-9,11H,4-7H2,1-3H3,(H,14,20)(H,15,17)(H,18,19). The van der Waals surface area contributed by atoms with Crippen molar-refractivity contribution in [3.8, 4) is 0 Å². The number of carbonyl (C=O) groups is 3. The highest BCUT2D eigenvalue weighted by atomic mass is 16.4. The highest BCUT2D eigenvalue weighted by Crippen LogP contribution is 2.11. The van der Waals surface area contributed by atoms with Gasteiger partial charge in [-0.3, -0.25) is 9.59 Å². The Morgan fingerprint density at radius 3 is 2.20 bits per heavy atom. The van der Waals surface area contributed by atoms with Crippen LogP contribution in [0.1, 0.15) is 33.6 Å². The molecule has 1 saturated heterocycles. The molecule has 1 aliphatic rings. The molecule has 0 bridgehead atoms. The zero-order valence-corrected chi connectivity index (χ0v) is 12.2. The first kappa shape index (κ1) is 16.3. The first-order valence-corrected chi connectivity index (χ1v) is 6.86. The normalized spacial score (nSPS) is 19.1. The van der Waals surface area contributed by atoms with Crippen LogP contribution in [0, 0.1) is 5.92 Å². The van der Waals surface area contributed by atoms with Gasteiger partial charge in [0.05, 0.1) is 5.92 Å². The largest absolute Gasteiger partial charge is 0.481 e. The lowest BCUT2D eigenvalue weighted by Crippen LogP contribution is -2.52. The molecule has 0 aliphatic carbocycles. The first-order chi connectivity index (χ1) is 9.31. The van der Waals surface area contributed by atoms with Gasteiger partial charge in [-0.1, -0.05) is 0 Å². The van der Waals surface area contributed by atoms with E-state index in [-0.39, 0.29) is 18.0 Å². The topological polar surface area (TPSA) is 98.7 Å². The molecule has 3 N–H and O–H groups in total. The maximum atomic E-state index is 12.0. The van der Waals surface area contributed by atoms with E-state index >= 15 is 0 Å². The van der Waals surface area contributed by atoms with E-state index in [2.05, 4.69) is 10.6 Å². The number of carboxylic acid groups (broad SMARTS) is 1. The number of hydrogen-bond donors (Lipinski definition) is 3. The monoisotopic (exact) mass is 285 g/mol. The number of nitrogens with zero attached hydrogens (tertiary/aromatic N) is 1. The van der Waals surface area contributed by atoms with Crippen molar-refractivity contribution in [2.75, 3.05) is 13.1 Å². The SMILES string of the molecule is CC(=O)NC1CCN(C(=O)NC(C)C(C)C(=O)O)CC1. The maximum Gasteiger partial charge on any atom is 0.317 e. The molecule has 1 fully saturated rings. The van der Waals surface area contributed by atoms with Gasteiger partial charge in [0, 0.05) is 32.1 Å². The third-order valence-corrected chi connectivity index (χ3v) is 3.68. The number of aliphatic carboxylic acids is 1. The molecule has 0 saturated carbocycles. The molecule has 7 nitrogen and oxygen atoms in total. The Bertz CT molecular complexity index is 378. The number of carbonyl (C=O) groups excluding carboxylic acids is 2. The van der Waals surface area contributed by atoms with Crippen LogP contribution in [0.5, 0.6) is 0 Å². The van der Waals surface area contributed by atoms with Crippen LogP contribution in [-0.2, 0) is 9.59 Å². The maximum absolute atomic E-state index is 12.0. The molecule has 2 atom stereocenters. The number of piperidine rings is 1. The first-order valence-electron chi connectivity index (χ1n) is 6.86. The van der Waals surface area contributed by atoms with Gasteiger partial charge in [-0.05, 0) is 26.7 Å². The predicted octanol–water partition coefficient (Wildman–Crippen LogP) is 0.406. The summed E-state index contributed by atoms with van der Waals surface area (Å²) in [5.41, 5.74) is 0. The summed E-state index contributed by atoms with van der Waals surface area (Å²) in [4.78, 5) is 35.4. The number of rotatable bonds is 4. The predicted molar refractivity (Wildman–Crippen MR) is 73.2 cm³/mol. The van der Waals surface area contributed by atoms with Gasteiger partial charge in [0.2, 0.25) is 5.91 Å². The number of urea groups is 1. The number of likely N-dealkylation sites (tertiary alicyclic amines) is 1. The molecule has 0 aromatic rings. The number of amides is 3. The Morgan fingerprint density at radius 2 is 1.75 bits per heavy atom. The van der Waals surface area contributed by atoms with Crippen molar-refractivity contribution >= 4 is 17.9 Å². The lowest BCUT2D eigenvalue weighted by atomic mass is 10.0. The number of nitrogens with one attached hydrogen (secondary N) is 2. The minimum absolute atomic E-state index is 0.0585. The Labute approximate surface area is 118 Å². The van der Waals surface area contributed by atoms with Gasteiger partial charge < -0.3 is 20.6 Å². The van der Waals surface area contributed by atoms with E-state index < -0.39 is 17.9 Å². The van der Waals surface area contributed by atoms with Gasteiger partial charge in [-0.25, -0.2) is 4.79 Å². The summed E-state index contributed by atoms with van der Waals surface area (Å²) in [5, 5.41) is 14.4. The Hall–Kier alpha value is -1.79. The highest BCUT2D eigenvalue weighted by Gasteiger charge is 2.26. The van der Waals surface area contributed by atoms with Crippen molar-refractivity contribution in [1.29, 1.82) is 0 Å². The van der Waals surface area contributed by atoms with Crippen molar-refractivity contribution in [2.24, 2.45) is 5.92 Å². The van der Waals surface area contributed by atoms with Crippen molar-refractivity contribution < 1.29 is 19.5 Å². The van der Waals surface area contributed by atoms with Gasteiger partial charge in [0.1, 0.15) is 0 Å². The van der Waals surface area contributed by atoms with E-state index in [1.807, 2.05) is 0 Å². The van der Waals surface area contributed by atoms with E-state index in [1.165, 1.54) is 6.92 Å². The van der Waals surface area contributed by atoms with Crippen LogP contribution in [0.25, 0.3) is 0 Å². The summed E-state index contributed by atoms with van der Waals surface area (Å²) in [6, 6.07) is -0.549. The molecule has 3 amide bonds. The summed E-state index contributed by atoms with van der Waals surface area (Å²) < 4.78 is 0. The zero-order valence-electron chi connectivity index (χ0n) is 12.2. The molecule has 7 heteroatoms. The molecule has 0 spiro atoms. The molecule has 0 radical (unpaired) electrons.